The lowest BCUT2D eigenvalue weighted by molar-refractivity contribution is -0.137. The maximum absolute atomic E-state index is 12.8. The fourth-order valence-electron chi connectivity index (χ4n) is 3.30. The third-order valence-corrected chi connectivity index (χ3v) is 4.93. The van der Waals surface area contributed by atoms with Crippen LogP contribution in [0.25, 0.3) is 0 Å². The largest absolute Gasteiger partial charge is 0.497 e. The summed E-state index contributed by atoms with van der Waals surface area (Å²) < 4.78 is 43.6. The van der Waals surface area contributed by atoms with Gasteiger partial charge in [0.15, 0.2) is 0 Å². The summed E-state index contributed by atoms with van der Waals surface area (Å²) in [5.74, 6) is -0.247. The van der Waals surface area contributed by atoms with Crippen LogP contribution in [0.3, 0.4) is 0 Å². The van der Waals surface area contributed by atoms with E-state index in [1.54, 1.807) is 29.2 Å². The molecule has 1 heterocycles. The molecule has 8 heteroatoms. The van der Waals surface area contributed by atoms with Crippen LogP contribution in [0.2, 0.25) is 0 Å². The van der Waals surface area contributed by atoms with Gasteiger partial charge in [0.1, 0.15) is 5.75 Å². The number of anilines is 1. The van der Waals surface area contributed by atoms with Crippen molar-refractivity contribution in [2.45, 2.75) is 19.0 Å². The van der Waals surface area contributed by atoms with Gasteiger partial charge in [-0.05, 0) is 49.2 Å². The van der Waals surface area contributed by atoms with Gasteiger partial charge in [0, 0.05) is 30.3 Å². The van der Waals surface area contributed by atoms with Gasteiger partial charge < -0.3 is 15.0 Å². The molecule has 0 unspecified atom stereocenters. The molecule has 1 saturated heterocycles. The zero-order valence-electron chi connectivity index (χ0n) is 15.8. The summed E-state index contributed by atoms with van der Waals surface area (Å²) >= 11 is 0. The zero-order valence-corrected chi connectivity index (χ0v) is 15.8. The number of rotatable bonds is 4. The van der Waals surface area contributed by atoms with Gasteiger partial charge >= 0.3 is 6.18 Å². The molecule has 0 aliphatic carbocycles. The Morgan fingerprint density at radius 3 is 2.41 bits per heavy atom. The van der Waals surface area contributed by atoms with Crippen molar-refractivity contribution in [3.8, 4) is 5.75 Å². The van der Waals surface area contributed by atoms with E-state index in [2.05, 4.69) is 5.32 Å². The summed E-state index contributed by atoms with van der Waals surface area (Å²) in [5, 5.41) is 2.56. The molecule has 5 nitrogen and oxygen atoms in total. The maximum atomic E-state index is 12.8. The molecule has 0 radical (unpaired) electrons. The lowest BCUT2D eigenvalue weighted by atomic mass is 9.95. The van der Waals surface area contributed by atoms with Crippen LogP contribution in [0.4, 0.5) is 18.9 Å². The molecule has 0 bridgehead atoms. The number of carbonyl (C=O) groups is 2. The smallest absolute Gasteiger partial charge is 0.416 e. The van der Waals surface area contributed by atoms with E-state index in [1.807, 2.05) is 0 Å². The summed E-state index contributed by atoms with van der Waals surface area (Å²) in [6.07, 6.45) is -3.58. The molecule has 3 rings (SSSR count). The van der Waals surface area contributed by atoms with Gasteiger partial charge in [-0.25, -0.2) is 0 Å². The SMILES string of the molecule is COc1cccc(C(=O)N2CCC(C(=O)Nc3cccc(C(F)(F)F)c3)CC2)c1. The molecule has 29 heavy (non-hydrogen) atoms. The number of alkyl halides is 3. The van der Waals surface area contributed by atoms with Gasteiger partial charge in [0.25, 0.3) is 5.91 Å². The second kappa shape index (κ2) is 8.55. The van der Waals surface area contributed by atoms with E-state index in [4.69, 9.17) is 4.74 Å². The Morgan fingerprint density at radius 2 is 1.76 bits per heavy atom. The molecule has 1 N–H and O–H groups in total. The number of nitrogens with one attached hydrogen (secondary N) is 1. The molecule has 0 atom stereocenters. The number of methoxy groups -OCH3 is 1. The highest BCUT2D eigenvalue weighted by Gasteiger charge is 2.31. The Labute approximate surface area is 166 Å². The first-order chi connectivity index (χ1) is 13.8. The highest BCUT2D eigenvalue weighted by Crippen LogP contribution is 2.31. The molecule has 0 saturated carbocycles. The van der Waals surface area contributed by atoms with Crippen LogP contribution in [0.1, 0.15) is 28.8 Å². The number of hydrogen-bond donors (Lipinski definition) is 1. The van der Waals surface area contributed by atoms with E-state index in [0.717, 1.165) is 12.1 Å². The van der Waals surface area contributed by atoms with Gasteiger partial charge in [0.2, 0.25) is 5.91 Å². The van der Waals surface area contributed by atoms with Crippen LogP contribution in [0, 0.1) is 5.92 Å². The molecule has 0 spiro atoms. The molecule has 0 aromatic heterocycles. The first kappa shape index (κ1) is 20.7. The predicted molar refractivity (Wildman–Crippen MR) is 102 cm³/mol. The molecule has 2 aromatic carbocycles. The standard InChI is InChI=1S/C21H21F3N2O3/c1-29-18-7-2-4-15(12-18)20(28)26-10-8-14(9-11-26)19(27)25-17-6-3-5-16(13-17)21(22,23)24/h2-7,12-14H,8-11H2,1H3,(H,25,27). The number of amides is 2. The van der Waals surface area contributed by atoms with E-state index in [-0.39, 0.29) is 23.4 Å². The topological polar surface area (TPSA) is 58.6 Å². The molecular weight excluding hydrogens is 385 g/mol. The average Bonchev–Trinajstić information content (AvgIpc) is 2.73. The fourth-order valence-corrected chi connectivity index (χ4v) is 3.30. The van der Waals surface area contributed by atoms with Crippen molar-refractivity contribution in [2.75, 3.05) is 25.5 Å². The van der Waals surface area contributed by atoms with Crippen LogP contribution in [0.15, 0.2) is 48.5 Å². The summed E-state index contributed by atoms with van der Waals surface area (Å²) in [6, 6.07) is 11.4. The number of halogens is 3. The van der Waals surface area contributed by atoms with Crippen LogP contribution in [-0.2, 0) is 11.0 Å². The van der Waals surface area contributed by atoms with E-state index in [0.29, 0.717) is 37.2 Å². The van der Waals surface area contributed by atoms with Crippen LogP contribution >= 0.6 is 0 Å². The number of hydrogen-bond acceptors (Lipinski definition) is 3. The van der Waals surface area contributed by atoms with Crippen LogP contribution in [0.5, 0.6) is 5.75 Å². The lowest BCUT2D eigenvalue weighted by Gasteiger charge is -2.31. The Hall–Kier alpha value is -3.03. The van der Waals surface area contributed by atoms with Crippen molar-refractivity contribution in [1.82, 2.24) is 4.90 Å². The monoisotopic (exact) mass is 406 g/mol. The first-order valence-corrected chi connectivity index (χ1v) is 9.19. The number of carbonyl (C=O) groups excluding carboxylic acids is 2. The third kappa shape index (κ3) is 5.07. The first-order valence-electron chi connectivity index (χ1n) is 9.19. The highest BCUT2D eigenvalue weighted by atomic mass is 19.4. The van der Waals surface area contributed by atoms with Crippen molar-refractivity contribution < 1.29 is 27.5 Å². The molecule has 1 fully saturated rings. The minimum atomic E-state index is -4.47. The Morgan fingerprint density at radius 1 is 1.07 bits per heavy atom. The second-order valence-electron chi connectivity index (χ2n) is 6.87. The van der Waals surface area contributed by atoms with Gasteiger partial charge in [-0.3, -0.25) is 9.59 Å². The molecule has 1 aliphatic rings. The summed E-state index contributed by atoms with van der Waals surface area (Å²) in [6.45, 7) is 0.799. The van der Waals surface area contributed by atoms with Gasteiger partial charge in [-0.15, -0.1) is 0 Å². The van der Waals surface area contributed by atoms with Gasteiger partial charge in [-0.2, -0.15) is 13.2 Å². The minimum Gasteiger partial charge on any atom is -0.497 e. The van der Waals surface area contributed by atoms with Crippen molar-refractivity contribution >= 4 is 17.5 Å². The van der Waals surface area contributed by atoms with Gasteiger partial charge in [0.05, 0.1) is 12.7 Å². The number of piperidine rings is 1. The van der Waals surface area contributed by atoms with E-state index in [9.17, 15) is 22.8 Å². The molecule has 154 valence electrons. The number of likely N-dealkylation sites (tertiary alicyclic amines) is 1. The molecule has 2 amide bonds. The Kier molecular flexibility index (Phi) is 6.10. The highest BCUT2D eigenvalue weighted by molar-refractivity contribution is 5.95. The zero-order chi connectivity index (χ0) is 21.0. The lowest BCUT2D eigenvalue weighted by Crippen LogP contribution is -2.41. The summed E-state index contributed by atoms with van der Waals surface area (Å²) in [4.78, 5) is 26.7. The van der Waals surface area contributed by atoms with Crippen molar-refractivity contribution in [3.05, 3.63) is 59.7 Å². The van der Waals surface area contributed by atoms with Gasteiger partial charge in [-0.1, -0.05) is 12.1 Å². The number of nitrogens with zero attached hydrogens (tertiary/aromatic N) is 1. The molecule has 2 aromatic rings. The predicted octanol–water partition coefficient (Wildman–Crippen LogP) is 4.20. The third-order valence-electron chi connectivity index (χ3n) is 4.93. The fraction of sp³-hybridized carbons (Fsp3) is 0.333. The van der Waals surface area contributed by atoms with Crippen molar-refractivity contribution in [3.63, 3.8) is 0 Å². The second-order valence-corrected chi connectivity index (χ2v) is 6.87. The van der Waals surface area contributed by atoms with E-state index < -0.39 is 11.7 Å². The Bertz CT molecular complexity index is 891. The minimum absolute atomic E-state index is 0.111. The summed E-state index contributed by atoms with van der Waals surface area (Å²) in [5.41, 5.74) is -0.190. The number of ether oxygens (including phenoxy) is 1. The summed E-state index contributed by atoms with van der Waals surface area (Å²) in [7, 11) is 1.53. The quantitative estimate of drug-likeness (QED) is 0.828. The van der Waals surface area contributed by atoms with E-state index in [1.165, 1.54) is 19.2 Å². The van der Waals surface area contributed by atoms with E-state index >= 15 is 0 Å². The van der Waals surface area contributed by atoms with Crippen molar-refractivity contribution in [1.29, 1.82) is 0 Å². The molecular formula is C21H21F3N2O3. The van der Waals surface area contributed by atoms with Crippen molar-refractivity contribution in [2.24, 2.45) is 5.92 Å². The average molecular weight is 406 g/mol. The van der Waals surface area contributed by atoms with Crippen LogP contribution < -0.4 is 10.1 Å². The number of benzene rings is 2. The maximum Gasteiger partial charge on any atom is 0.416 e. The van der Waals surface area contributed by atoms with Crippen LogP contribution in [-0.4, -0.2) is 36.9 Å². The molecule has 1 aliphatic heterocycles. The Balaban J connectivity index is 1.57. The normalized spacial score (nSPS) is 15.1.